The number of carbonyl (C=O) groups is 1. The van der Waals surface area contributed by atoms with E-state index in [1.54, 1.807) is 0 Å². The first-order valence-electron chi connectivity index (χ1n) is 9.22. The summed E-state index contributed by atoms with van der Waals surface area (Å²) in [7, 11) is 1.29. The van der Waals surface area contributed by atoms with Gasteiger partial charge >= 0.3 is 5.97 Å². The average molecular weight is 379 g/mol. The van der Waals surface area contributed by atoms with Crippen molar-refractivity contribution < 1.29 is 24.9 Å². The summed E-state index contributed by atoms with van der Waals surface area (Å²) < 4.78 is 4.71. The molecule has 150 valence electrons. The van der Waals surface area contributed by atoms with Crippen molar-refractivity contribution in [3.63, 3.8) is 0 Å². The van der Waals surface area contributed by atoms with Gasteiger partial charge in [-0.15, -0.1) is 0 Å². The van der Waals surface area contributed by atoms with Crippen LogP contribution in [0.3, 0.4) is 0 Å². The largest absolute Gasteiger partial charge is 0.506 e. The fraction of sp³-hybridized carbons (Fsp3) is 0.579. The van der Waals surface area contributed by atoms with E-state index in [2.05, 4.69) is 22.5 Å². The Hall–Kier alpha value is -2.32. The van der Waals surface area contributed by atoms with Gasteiger partial charge in [0, 0.05) is 6.04 Å². The highest BCUT2D eigenvalue weighted by molar-refractivity contribution is 5.97. The van der Waals surface area contributed by atoms with E-state index in [0.717, 1.165) is 19.3 Å². The predicted molar refractivity (Wildman–Crippen MR) is 103 cm³/mol. The van der Waals surface area contributed by atoms with Crippen LogP contribution in [0.4, 0.5) is 5.69 Å². The van der Waals surface area contributed by atoms with Gasteiger partial charge in [-0.25, -0.2) is 4.79 Å². The molecule has 1 saturated carbocycles. The summed E-state index contributed by atoms with van der Waals surface area (Å²) in [6.45, 7) is 1.79. The minimum absolute atomic E-state index is 0.00435. The molecular formula is C19H29N3O5. The Morgan fingerprint density at radius 1 is 1.37 bits per heavy atom. The molecule has 0 bridgehead atoms. The molecule has 0 saturated heterocycles. The second kappa shape index (κ2) is 10.1. The van der Waals surface area contributed by atoms with Gasteiger partial charge in [-0.3, -0.25) is 4.99 Å². The van der Waals surface area contributed by atoms with Gasteiger partial charge in [0.25, 0.3) is 0 Å². The van der Waals surface area contributed by atoms with Crippen molar-refractivity contribution in [2.45, 2.75) is 44.8 Å². The molecule has 0 aliphatic heterocycles. The Bertz CT molecular complexity index is 665. The lowest BCUT2D eigenvalue weighted by Gasteiger charge is -2.31. The van der Waals surface area contributed by atoms with E-state index in [9.17, 15) is 15.0 Å². The minimum atomic E-state index is -0.970. The zero-order chi connectivity index (χ0) is 19.8. The van der Waals surface area contributed by atoms with Crippen molar-refractivity contribution >= 4 is 17.6 Å². The smallest absolute Gasteiger partial charge is 0.337 e. The number of aromatic hydroxyl groups is 1. The van der Waals surface area contributed by atoms with Crippen LogP contribution in [0, 0.1) is 5.92 Å². The van der Waals surface area contributed by atoms with Crippen molar-refractivity contribution in [2.75, 3.05) is 25.6 Å². The third-order valence-electron chi connectivity index (χ3n) is 4.78. The highest BCUT2D eigenvalue weighted by Crippen LogP contribution is 2.26. The van der Waals surface area contributed by atoms with Crippen LogP contribution in [0.25, 0.3) is 0 Å². The van der Waals surface area contributed by atoms with Gasteiger partial charge in [-0.05, 0) is 37.0 Å². The number of hydrogen-bond acceptors (Lipinski definition) is 6. The van der Waals surface area contributed by atoms with Crippen molar-refractivity contribution in [3.05, 3.63) is 23.8 Å². The number of phenols is 1. The molecule has 8 heteroatoms. The number of esters is 1. The third kappa shape index (κ3) is 6.11. The monoisotopic (exact) mass is 379 g/mol. The number of methoxy groups -OCH3 is 1. The van der Waals surface area contributed by atoms with Crippen molar-refractivity contribution in [1.29, 1.82) is 0 Å². The summed E-state index contributed by atoms with van der Waals surface area (Å²) in [6, 6.07) is 4.56. The number of guanidine groups is 1. The molecule has 1 aromatic carbocycles. The van der Waals surface area contributed by atoms with E-state index in [-0.39, 0.29) is 24.9 Å². The van der Waals surface area contributed by atoms with Crippen LogP contribution in [0.1, 0.15) is 43.0 Å². The molecule has 1 aromatic rings. The van der Waals surface area contributed by atoms with Crippen LogP contribution in [-0.4, -0.2) is 59.7 Å². The number of benzene rings is 1. The molecule has 0 spiro atoms. The molecule has 0 radical (unpaired) electrons. The Labute approximate surface area is 159 Å². The van der Waals surface area contributed by atoms with Crippen LogP contribution in [0.15, 0.2) is 23.2 Å². The summed E-state index contributed by atoms with van der Waals surface area (Å²) in [5.74, 6) is 0.278. The lowest BCUT2D eigenvalue weighted by atomic mass is 9.86. The SMILES string of the molecule is COC(=O)c1ccc(O)c(NC(=NCC(O)CO)NC2CCCCC2C)c1. The zero-order valence-corrected chi connectivity index (χ0v) is 15.8. The maximum absolute atomic E-state index is 11.7. The fourth-order valence-corrected chi connectivity index (χ4v) is 3.09. The van der Waals surface area contributed by atoms with Gasteiger partial charge in [0.2, 0.25) is 0 Å². The van der Waals surface area contributed by atoms with E-state index in [1.807, 2.05) is 0 Å². The second-order valence-electron chi connectivity index (χ2n) is 6.89. The number of hydrogen-bond donors (Lipinski definition) is 5. The van der Waals surface area contributed by atoms with Crippen molar-refractivity contribution in [3.8, 4) is 5.75 Å². The second-order valence-corrected chi connectivity index (χ2v) is 6.89. The Balaban J connectivity index is 2.21. The molecule has 2 rings (SSSR count). The number of aliphatic hydroxyl groups is 2. The summed E-state index contributed by atoms with van der Waals surface area (Å²) >= 11 is 0. The van der Waals surface area contributed by atoms with Gasteiger partial charge in [-0.2, -0.15) is 0 Å². The molecule has 8 nitrogen and oxygen atoms in total. The van der Waals surface area contributed by atoms with Gasteiger partial charge in [0.15, 0.2) is 5.96 Å². The molecule has 0 amide bonds. The molecule has 3 unspecified atom stereocenters. The Morgan fingerprint density at radius 3 is 2.78 bits per heavy atom. The summed E-state index contributed by atoms with van der Waals surface area (Å²) in [5, 5.41) is 35.1. The summed E-state index contributed by atoms with van der Waals surface area (Å²) in [4.78, 5) is 16.0. The van der Waals surface area contributed by atoms with Crippen LogP contribution in [-0.2, 0) is 4.74 Å². The number of carbonyl (C=O) groups excluding carboxylic acids is 1. The van der Waals surface area contributed by atoms with Crippen LogP contribution >= 0.6 is 0 Å². The predicted octanol–water partition coefficient (Wildman–Crippen LogP) is 1.47. The molecule has 27 heavy (non-hydrogen) atoms. The first kappa shape index (κ1) is 21.0. The molecule has 1 aliphatic rings. The minimum Gasteiger partial charge on any atom is -0.506 e. The number of nitrogens with zero attached hydrogens (tertiary/aromatic N) is 1. The van der Waals surface area contributed by atoms with E-state index < -0.39 is 12.1 Å². The lowest BCUT2D eigenvalue weighted by molar-refractivity contribution is 0.0601. The van der Waals surface area contributed by atoms with E-state index in [0.29, 0.717) is 23.1 Å². The standard InChI is InChI=1S/C19H29N3O5/c1-12-5-3-4-6-15(12)21-19(20-10-14(24)11-23)22-16-9-13(18(26)27-2)7-8-17(16)25/h7-9,12,14-15,23-25H,3-6,10-11H2,1-2H3,(H2,20,21,22). The molecule has 5 N–H and O–H groups in total. The molecule has 1 fully saturated rings. The number of ether oxygens (including phenoxy) is 1. The number of aliphatic imine (C=N–C) groups is 1. The van der Waals surface area contributed by atoms with Crippen LogP contribution in [0.5, 0.6) is 5.75 Å². The normalized spacial score (nSPS) is 21.4. The van der Waals surface area contributed by atoms with Crippen LogP contribution in [0.2, 0.25) is 0 Å². The van der Waals surface area contributed by atoms with E-state index >= 15 is 0 Å². The first-order chi connectivity index (χ1) is 12.9. The highest BCUT2D eigenvalue weighted by Gasteiger charge is 2.23. The average Bonchev–Trinajstić information content (AvgIpc) is 2.68. The first-order valence-corrected chi connectivity index (χ1v) is 9.22. The topological polar surface area (TPSA) is 123 Å². The summed E-state index contributed by atoms with van der Waals surface area (Å²) in [6.07, 6.45) is 3.47. The number of nitrogens with one attached hydrogen (secondary N) is 2. The van der Waals surface area contributed by atoms with Crippen LogP contribution < -0.4 is 10.6 Å². The molecule has 0 heterocycles. The molecule has 3 atom stereocenters. The van der Waals surface area contributed by atoms with Crippen molar-refractivity contribution in [1.82, 2.24) is 5.32 Å². The maximum atomic E-state index is 11.7. The van der Waals surface area contributed by atoms with Gasteiger partial charge in [-0.1, -0.05) is 19.8 Å². The Kier molecular flexibility index (Phi) is 7.87. The van der Waals surface area contributed by atoms with Gasteiger partial charge in [0.05, 0.1) is 37.6 Å². The zero-order valence-electron chi connectivity index (χ0n) is 15.8. The fourth-order valence-electron chi connectivity index (χ4n) is 3.09. The molecular weight excluding hydrogens is 350 g/mol. The number of aliphatic hydroxyl groups excluding tert-OH is 2. The van der Waals surface area contributed by atoms with Gasteiger partial charge < -0.3 is 30.7 Å². The van der Waals surface area contributed by atoms with E-state index in [1.165, 1.54) is 31.7 Å². The third-order valence-corrected chi connectivity index (χ3v) is 4.78. The highest BCUT2D eigenvalue weighted by atomic mass is 16.5. The quantitative estimate of drug-likeness (QED) is 0.219. The van der Waals surface area contributed by atoms with Gasteiger partial charge in [0.1, 0.15) is 5.75 Å². The maximum Gasteiger partial charge on any atom is 0.337 e. The lowest BCUT2D eigenvalue weighted by Crippen LogP contribution is -2.44. The van der Waals surface area contributed by atoms with E-state index in [4.69, 9.17) is 9.84 Å². The van der Waals surface area contributed by atoms with Crippen molar-refractivity contribution in [2.24, 2.45) is 10.9 Å². The molecule has 0 aromatic heterocycles. The number of anilines is 1. The molecule has 1 aliphatic carbocycles. The Morgan fingerprint density at radius 2 is 2.11 bits per heavy atom. The number of phenolic OH excluding ortho intramolecular Hbond substituents is 1. The number of rotatable bonds is 6. The summed E-state index contributed by atoms with van der Waals surface area (Å²) in [5.41, 5.74) is 0.588.